The first-order chi connectivity index (χ1) is 9.27. The number of aryl methyl sites for hydroxylation is 1. The highest BCUT2D eigenvalue weighted by molar-refractivity contribution is 7.89. The number of primary sulfonamides is 1. The topological polar surface area (TPSA) is 111 Å². The molecule has 7 heteroatoms. The molecule has 0 aliphatic carbocycles. The van der Waals surface area contributed by atoms with Crippen molar-refractivity contribution in [1.29, 1.82) is 0 Å². The molecule has 0 aliphatic heterocycles. The minimum absolute atomic E-state index is 0.0346. The average molecular weight is 295 g/mol. The summed E-state index contributed by atoms with van der Waals surface area (Å²) in [7, 11) is -3.85. The third-order valence-corrected chi connectivity index (χ3v) is 3.82. The lowest BCUT2D eigenvalue weighted by atomic mass is 10.2. The molecule has 0 aliphatic rings. The van der Waals surface area contributed by atoms with Crippen LogP contribution in [0.3, 0.4) is 0 Å². The largest absolute Gasteiger partial charge is 0.464 e. The van der Waals surface area contributed by atoms with E-state index in [1.54, 1.807) is 12.1 Å². The van der Waals surface area contributed by atoms with Gasteiger partial charge in [0.05, 0.1) is 11.7 Å². The molecule has 1 aromatic carbocycles. The number of rotatable bonds is 4. The Balaban J connectivity index is 2.34. The molecule has 0 bridgehead atoms. The molecule has 2 rings (SSSR count). The zero-order chi connectivity index (χ0) is 14.9. The van der Waals surface area contributed by atoms with Gasteiger partial charge in [0.15, 0.2) is 0 Å². The van der Waals surface area contributed by atoms with Gasteiger partial charge in [-0.3, -0.25) is 0 Å². The second-order valence-electron chi connectivity index (χ2n) is 4.62. The smallest absolute Gasteiger partial charge is 0.240 e. The van der Waals surface area contributed by atoms with E-state index in [2.05, 4.69) is 5.32 Å². The molecule has 0 radical (unpaired) electrons. The molecule has 108 valence electrons. The molecule has 1 atom stereocenters. The van der Waals surface area contributed by atoms with Crippen molar-refractivity contribution in [1.82, 2.24) is 0 Å². The van der Waals surface area contributed by atoms with Gasteiger partial charge in [-0.1, -0.05) is 0 Å². The molecule has 6 nitrogen and oxygen atoms in total. The van der Waals surface area contributed by atoms with Gasteiger partial charge >= 0.3 is 0 Å². The lowest BCUT2D eigenvalue weighted by Crippen LogP contribution is -2.16. The highest BCUT2D eigenvalue weighted by atomic mass is 32.2. The lowest BCUT2D eigenvalue weighted by Gasteiger charge is -2.16. The molecule has 20 heavy (non-hydrogen) atoms. The number of nitrogens with two attached hydrogens (primary N) is 2. The monoisotopic (exact) mass is 295 g/mol. The molecule has 1 aromatic heterocycles. The van der Waals surface area contributed by atoms with Gasteiger partial charge in [0, 0.05) is 5.69 Å². The molecular weight excluding hydrogens is 278 g/mol. The molecule has 1 heterocycles. The Morgan fingerprint density at radius 3 is 2.50 bits per heavy atom. The van der Waals surface area contributed by atoms with Gasteiger partial charge in [-0.05, 0) is 44.2 Å². The van der Waals surface area contributed by atoms with Gasteiger partial charge in [0.2, 0.25) is 10.0 Å². The number of nitrogen functional groups attached to an aromatic ring is 1. The van der Waals surface area contributed by atoms with Crippen molar-refractivity contribution >= 4 is 21.4 Å². The summed E-state index contributed by atoms with van der Waals surface area (Å²) in [4.78, 5) is -0.0346. The van der Waals surface area contributed by atoms with Crippen LogP contribution >= 0.6 is 0 Å². The SMILES string of the molecule is Cc1ccc(C(C)Nc2ccc(N)cc2S(N)(=O)=O)o1. The quantitative estimate of drug-likeness (QED) is 0.747. The van der Waals surface area contributed by atoms with Crippen LogP contribution in [-0.4, -0.2) is 8.42 Å². The van der Waals surface area contributed by atoms with Crippen molar-refractivity contribution < 1.29 is 12.8 Å². The van der Waals surface area contributed by atoms with Crippen LogP contribution in [0.5, 0.6) is 0 Å². The molecule has 0 amide bonds. The van der Waals surface area contributed by atoms with Crippen LogP contribution in [0.15, 0.2) is 39.6 Å². The van der Waals surface area contributed by atoms with E-state index < -0.39 is 10.0 Å². The summed E-state index contributed by atoms with van der Waals surface area (Å²) < 4.78 is 28.7. The van der Waals surface area contributed by atoms with E-state index in [1.165, 1.54) is 6.07 Å². The second-order valence-corrected chi connectivity index (χ2v) is 6.14. The number of nitrogens with one attached hydrogen (secondary N) is 1. The zero-order valence-corrected chi connectivity index (χ0v) is 12.1. The van der Waals surface area contributed by atoms with Crippen LogP contribution < -0.4 is 16.2 Å². The Morgan fingerprint density at radius 2 is 1.95 bits per heavy atom. The highest BCUT2D eigenvalue weighted by Crippen LogP contribution is 2.27. The molecule has 0 saturated heterocycles. The summed E-state index contributed by atoms with van der Waals surface area (Å²) in [6, 6.07) is 8.00. The van der Waals surface area contributed by atoms with Gasteiger partial charge in [-0.25, -0.2) is 13.6 Å². The van der Waals surface area contributed by atoms with Gasteiger partial charge in [-0.2, -0.15) is 0 Å². The highest BCUT2D eigenvalue weighted by Gasteiger charge is 2.17. The van der Waals surface area contributed by atoms with Gasteiger partial charge in [-0.15, -0.1) is 0 Å². The molecule has 0 saturated carbocycles. The molecule has 2 aromatic rings. The average Bonchev–Trinajstić information content (AvgIpc) is 2.77. The van der Waals surface area contributed by atoms with Crippen molar-refractivity contribution in [2.45, 2.75) is 24.8 Å². The minimum atomic E-state index is -3.85. The fraction of sp³-hybridized carbons (Fsp3) is 0.231. The summed E-state index contributed by atoms with van der Waals surface area (Å²) in [6.45, 7) is 3.71. The third kappa shape index (κ3) is 3.12. The van der Waals surface area contributed by atoms with E-state index in [0.717, 1.165) is 5.76 Å². The van der Waals surface area contributed by atoms with Crippen molar-refractivity contribution in [2.24, 2.45) is 5.14 Å². The van der Waals surface area contributed by atoms with E-state index in [0.29, 0.717) is 17.1 Å². The van der Waals surface area contributed by atoms with E-state index in [4.69, 9.17) is 15.3 Å². The summed E-state index contributed by atoms with van der Waals surface area (Å²) >= 11 is 0. The van der Waals surface area contributed by atoms with E-state index in [-0.39, 0.29) is 10.9 Å². The Labute approximate surface area is 117 Å². The zero-order valence-electron chi connectivity index (χ0n) is 11.3. The number of furan rings is 1. The normalized spacial score (nSPS) is 13.2. The summed E-state index contributed by atoms with van der Waals surface area (Å²) in [5.74, 6) is 1.50. The molecule has 1 unspecified atom stereocenters. The number of sulfonamides is 1. The molecule has 0 fully saturated rings. The predicted molar refractivity (Wildman–Crippen MR) is 77.7 cm³/mol. The number of anilines is 2. The fourth-order valence-corrected chi connectivity index (χ4v) is 2.62. The molecular formula is C13H17N3O3S. The Kier molecular flexibility index (Phi) is 3.74. The maximum Gasteiger partial charge on any atom is 0.240 e. The van der Waals surface area contributed by atoms with Crippen LogP contribution in [0, 0.1) is 6.92 Å². The number of hydrogen-bond acceptors (Lipinski definition) is 5. The van der Waals surface area contributed by atoms with Crippen LogP contribution in [0.1, 0.15) is 24.5 Å². The van der Waals surface area contributed by atoms with Gasteiger partial charge in [0.25, 0.3) is 0 Å². The van der Waals surface area contributed by atoms with Gasteiger partial charge < -0.3 is 15.5 Å². The summed E-state index contributed by atoms with van der Waals surface area (Å²) in [5.41, 5.74) is 6.33. The van der Waals surface area contributed by atoms with E-state index >= 15 is 0 Å². The van der Waals surface area contributed by atoms with E-state index in [1.807, 2.05) is 26.0 Å². The molecule has 5 N–H and O–H groups in total. The first-order valence-corrected chi connectivity index (χ1v) is 7.57. The van der Waals surface area contributed by atoms with Gasteiger partial charge in [0.1, 0.15) is 16.4 Å². The number of benzene rings is 1. The first kappa shape index (κ1) is 14.4. The minimum Gasteiger partial charge on any atom is -0.464 e. The van der Waals surface area contributed by atoms with Crippen LogP contribution in [0.25, 0.3) is 0 Å². The van der Waals surface area contributed by atoms with Crippen molar-refractivity contribution in [3.63, 3.8) is 0 Å². The Bertz CT molecular complexity index is 722. The maximum atomic E-state index is 11.6. The predicted octanol–water partition coefficient (Wildman–Crippen LogP) is 1.99. The Morgan fingerprint density at radius 1 is 1.25 bits per heavy atom. The van der Waals surface area contributed by atoms with E-state index in [9.17, 15) is 8.42 Å². The fourth-order valence-electron chi connectivity index (χ4n) is 1.88. The lowest BCUT2D eigenvalue weighted by molar-refractivity contribution is 0.466. The maximum absolute atomic E-state index is 11.6. The van der Waals surface area contributed by atoms with Crippen LogP contribution in [-0.2, 0) is 10.0 Å². The van der Waals surface area contributed by atoms with Crippen LogP contribution in [0.4, 0.5) is 11.4 Å². The first-order valence-electron chi connectivity index (χ1n) is 6.02. The van der Waals surface area contributed by atoms with Crippen molar-refractivity contribution in [2.75, 3.05) is 11.1 Å². The molecule has 0 spiro atoms. The van der Waals surface area contributed by atoms with Crippen molar-refractivity contribution in [3.05, 3.63) is 41.9 Å². The number of hydrogen-bond donors (Lipinski definition) is 3. The second kappa shape index (κ2) is 5.18. The summed E-state index contributed by atoms with van der Waals surface area (Å²) in [6.07, 6.45) is 0. The third-order valence-electron chi connectivity index (χ3n) is 2.87. The summed E-state index contributed by atoms with van der Waals surface area (Å²) in [5, 5.41) is 8.26. The Hall–Kier alpha value is -1.99. The van der Waals surface area contributed by atoms with Crippen molar-refractivity contribution in [3.8, 4) is 0 Å². The standard InChI is InChI=1S/C13H17N3O3S/c1-8-3-6-12(19-8)9(2)16-11-5-4-10(14)7-13(11)20(15,17)18/h3-7,9,16H,14H2,1-2H3,(H2,15,17,18). The van der Waals surface area contributed by atoms with Crippen LogP contribution in [0.2, 0.25) is 0 Å².